The second-order valence-corrected chi connectivity index (χ2v) is 9.51. The van der Waals surface area contributed by atoms with Crippen LogP contribution in [0.5, 0.6) is 0 Å². The van der Waals surface area contributed by atoms with E-state index in [0.717, 1.165) is 5.56 Å². The minimum absolute atomic E-state index is 0.0336. The first-order valence-corrected chi connectivity index (χ1v) is 10.3. The Morgan fingerprint density at radius 2 is 1.91 bits per heavy atom. The van der Waals surface area contributed by atoms with E-state index in [-0.39, 0.29) is 22.7 Å². The van der Waals surface area contributed by atoms with E-state index < -0.39 is 9.84 Å². The van der Waals surface area contributed by atoms with Crippen molar-refractivity contribution < 1.29 is 13.2 Å². The zero-order valence-corrected chi connectivity index (χ0v) is 14.9. The fourth-order valence-electron chi connectivity index (χ4n) is 2.81. The van der Waals surface area contributed by atoms with Gasteiger partial charge in [0.05, 0.1) is 17.3 Å². The zero-order chi connectivity index (χ0) is 16.3. The van der Waals surface area contributed by atoms with Gasteiger partial charge in [-0.3, -0.25) is 4.79 Å². The summed E-state index contributed by atoms with van der Waals surface area (Å²) in [5, 5.41) is 3.00. The maximum Gasteiger partial charge on any atom is 0.230 e. The number of nitrogens with one attached hydrogen (secondary N) is 1. The van der Waals surface area contributed by atoms with Crippen LogP contribution in [-0.2, 0) is 21.2 Å². The molecule has 1 heterocycles. The minimum atomic E-state index is -2.87. The second kappa shape index (κ2) is 7.04. The first-order valence-electron chi connectivity index (χ1n) is 7.42. The lowest BCUT2D eigenvalue weighted by molar-refractivity contribution is -0.118. The van der Waals surface area contributed by atoms with Crippen molar-refractivity contribution in [2.75, 3.05) is 17.3 Å². The van der Waals surface area contributed by atoms with Gasteiger partial charge in [0.15, 0.2) is 9.84 Å². The summed E-state index contributed by atoms with van der Waals surface area (Å²) in [4.78, 5) is 11.9. The Bertz CT molecular complexity index is 645. The predicted molar refractivity (Wildman–Crippen MR) is 92.0 cm³/mol. The molecule has 4 nitrogen and oxygen atoms in total. The highest BCUT2D eigenvalue weighted by Crippen LogP contribution is 2.24. The third-order valence-electron chi connectivity index (χ3n) is 3.94. The van der Waals surface area contributed by atoms with Gasteiger partial charge in [0.1, 0.15) is 0 Å². The molecule has 0 aliphatic carbocycles. The minimum Gasteiger partial charge on any atom is -0.351 e. The van der Waals surface area contributed by atoms with Crippen LogP contribution in [0.2, 0.25) is 0 Å². The smallest absolute Gasteiger partial charge is 0.230 e. The van der Waals surface area contributed by atoms with Crippen LogP contribution in [-0.4, -0.2) is 36.8 Å². The van der Waals surface area contributed by atoms with Crippen LogP contribution in [0.4, 0.5) is 0 Å². The number of carbonyl (C=O) groups is 1. The molecule has 2 rings (SSSR count). The third kappa shape index (κ3) is 4.74. The van der Waals surface area contributed by atoms with Crippen LogP contribution in [0.3, 0.4) is 0 Å². The molecular weight excluding hydrogens is 318 g/mol. The van der Waals surface area contributed by atoms with Gasteiger partial charge in [-0.15, -0.1) is 11.8 Å². The van der Waals surface area contributed by atoms with Crippen LogP contribution in [0.25, 0.3) is 0 Å². The lowest BCUT2D eigenvalue weighted by Crippen LogP contribution is -2.26. The SMILES string of the molecule is Cc1cc(C)c(CNC(=O)CS[C@@H]2CCS(=O)(=O)C2)c(C)c1. The normalized spacial score (nSPS) is 20.0. The number of aryl methyl sites for hydroxylation is 3. The lowest BCUT2D eigenvalue weighted by atomic mass is 10.00. The number of hydrogen-bond acceptors (Lipinski definition) is 4. The van der Waals surface area contributed by atoms with Crippen molar-refractivity contribution in [2.24, 2.45) is 0 Å². The maximum absolute atomic E-state index is 11.9. The van der Waals surface area contributed by atoms with E-state index in [9.17, 15) is 13.2 Å². The van der Waals surface area contributed by atoms with E-state index in [0.29, 0.717) is 18.7 Å². The van der Waals surface area contributed by atoms with Crippen molar-refractivity contribution in [3.05, 3.63) is 34.4 Å². The third-order valence-corrected chi connectivity index (χ3v) is 7.23. The van der Waals surface area contributed by atoms with Crippen molar-refractivity contribution in [2.45, 2.75) is 39.0 Å². The van der Waals surface area contributed by atoms with E-state index in [1.807, 2.05) is 0 Å². The molecule has 0 spiro atoms. The standard InChI is InChI=1S/C16H23NO3S2/c1-11-6-12(2)15(13(3)7-11)8-17-16(18)9-21-14-4-5-22(19,20)10-14/h6-7,14H,4-5,8-10H2,1-3H3,(H,17,18)/t14-/m1/s1. The number of rotatable bonds is 5. The van der Waals surface area contributed by atoms with Crippen LogP contribution in [0, 0.1) is 20.8 Å². The van der Waals surface area contributed by atoms with Crippen molar-refractivity contribution in [3.63, 3.8) is 0 Å². The highest BCUT2D eigenvalue weighted by molar-refractivity contribution is 8.02. The van der Waals surface area contributed by atoms with Crippen molar-refractivity contribution in [3.8, 4) is 0 Å². The summed E-state index contributed by atoms with van der Waals surface area (Å²) in [6.45, 7) is 6.70. The number of sulfone groups is 1. The predicted octanol–water partition coefficient (Wildman–Crippen LogP) is 2.15. The molecule has 1 amide bonds. The van der Waals surface area contributed by atoms with Gasteiger partial charge in [0.2, 0.25) is 5.91 Å². The Morgan fingerprint density at radius 3 is 2.45 bits per heavy atom. The Kier molecular flexibility index (Phi) is 5.55. The van der Waals surface area contributed by atoms with Gasteiger partial charge in [-0.25, -0.2) is 8.42 Å². The highest BCUT2D eigenvalue weighted by atomic mass is 32.2. The van der Waals surface area contributed by atoms with E-state index >= 15 is 0 Å². The molecule has 1 fully saturated rings. The first kappa shape index (κ1) is 17.3. The summed E-state index contributed by atoms with van der Waals surface area (Å²) in [6, 6.07) is 4.24. The fourth-order valence-corrected chi connectivity index (χ4v) is 6.29. The number of thioether (sulfide) groups is 1. The van der Waals surface area contributed by atoms with Crippen LogP contribution in [0.1, 0.15) is 28.7 Å². The molecule has 0 bridgehead atoms. The van der Waals surface area contributed by atoms with Gasteiger partial charge in [0.25, 0.3) is 0 Å². The summed E-state index contributed by atoms with van der Waals surface area (Å²) in [5.41, 5.74) is 4.76. The molecule has 6 heteroatoms. The number of hydrogen-bond donors (Lipinski definition) is 1. The molecule has 1 aromatic carbocycles. The maximum atomic E-state index is 11.9. The molecule has 1 aliphatic heterocycles. The second-order valence-electron chi connectivity index (χ2n) is 5.99. The van der Waals surface area contributed by atoms with Gasteiger partial charge in [-0.05, 0) is 43.9 Å². The molecule has 1 saturated heterocycles. The molecular formula is C16H23NO3S2. The van der Waals surface area contributed by atoms with E-state index in [4.69, 9.17) is 0 Å². The summed E-state index contributed by atoms with van der Waals surface area (Å²) in [5.74, 6) is 0.757. The largest absolute Gasteiger partial charge is 0.351 e. The number of amides is 1. The van der Waals surface area contributed by atoms with Crippen LogP contribution >= 0.6 is 11.8 Å². The molecule has 1 aromatic rings. The Hall–Kier alpha value is -1.01. The van der Waals surface area contributed by atoms with Gasteiger partial charge in [-0.1, -0.05) is 17.7 Å². The zero-order valence-electron chi connectivity index (χ0n) is 13.3. The van der Waals surface area contributed by atoms with E-state index in [2.05, 4.69) is 38.2 Å². The molecule has 0 unspecified atom stereocenters. The summed E-state index contributed by atoms with van der Waals surface area (Å²) in [6.07, 6.45) is 0.663. The summed E-state index contributed by atoms with van der Waals surface area (Å²) in [7, 11) is -2.87. The lowest BCUT2D eigenvalue weighted by Gasteiger charge is -2.13. The van der Waals surface area contributed by atoms with Crippen molar-refractivity contribution in [1.82, 2.24) is 5.32 Å². The highest BCUT2D eigenvalue weighted by Gasteiger charge is 2.28. The van der Waals surface area contributed by atoms with Crippen molar-refractivity contribution in [1.29, 1.82) is 0 Å². The van der Waals surface area contributed by atoms with Crippen molar-refractivity contribution >= 4 is 27.5 Å². The van der Waals surface area contributed by atoms with Gasteiger partial charge >= 0.3 is 0 Å². The van der Waals surface area contributed by atoms with Crippen LogP contribution < -0.4 is 5.32 Å². The van der Waals surface area contributed by atoms with E-state index in [1.54, 1.807) is 0 Å². The molecule has 1 N–H and O–H groups in total. The molecule has 22 heavy (non-hydrogen) atoms. The summed E-state index contributed by atoms with van der Waals surface area (Å²) < 4.78 is 22.8. The fraction of sp³-hybridized carbons (Fsp3) is 0.562. The number of carbonyl (C=O) groups excluding carboxylic acids is 1. The summed E-state index contributed by atoms with van der Waals surface area (Å²) >= 11 is 1.45. The van der Waals surface area contributed by atoms with Crippen LogP contribution in [0.15, 0.2) is 12.1 Å². The Labute approximate surface area is 137 Å². The first-order chi connectivity index (χ1) is 10.3. The molecule has 1 aliphatic rings. The molecule has 1 atom stereocenters. The topological polar surface area (TPSA) is 63.2 Å². The van der Waals surface area contributed by atoms with Gasteiger partial charge < -0.3 is 5.32 Å². The molecule has 122 valence electrons. The van der Waals surface area contributed by atoms with E-state index in [1.165, 1.54) is 28.5 Å². The molecule has 0 saturated carbocycles. The quantitative estimate of drug-likeness (QED) is 0.891. The average molecular weight is 341 g/mol. The monoisotopic (exact) mass is 341 g/mol. The molecule has 0 aromatic heterocycles. The Morgan fingerprint density at radius 1 is 1.27 bits per heavy atom. The Balaban J connectivity index is 1.81. The number of benzene rings is 1. The van der Waals surface area contributed by atoms with Gasteiger partial charge in [-0.2, -0.15) is 0 Å². The van der Waals surface area contributed by atoms with Gasteiger partial charge in [0, 0.05) is 11.8 Å². The average Bonchev–Trinajstić information content (AvgIpc) is 2.74. The molecule has 0 radical (unpaired) electrons.